The van der Waals surface area contributed by atoms with Gasteiger partial charge >= 0.3 is 10.4 Å². The molecule has 0 bridgehead atoms. The summed E-state index contributed by atoms with van der Waals surface area (Å²) in [6.07, 6.45) is 3.77. The standard InChI is InChI=1S/C13H25N5O.H2O4S/c1-6-8-18(9-7-2)13-15-10-14-12(16-13)17(5)19-11(3)4;1-5(2,3)4/h10-11H,6-9H2,1-5H3;(H2,1,2,3,4). The van der Waals surface area contributed by atoms with Crippen LogP contribution < -0.4 is 9.96 Å². The molecule has 0 spiro atoms. The van der Waals surface area contributed by atoms with Crippen LogP contribution in [0.3, 0.4) is 0 Å². The second-order valence-corrected chi connectivity index (χ2v) is 6.07. The number of aromatic nitrogens is 3. The molecule has 24 heavy (non-hydrogen) atoms. The third kappa shape index (κ3) is 11.0. The Bertz CT molecular complexity index is 556. The Kier molecular flexibility index (Phi) is 10.4. The fraction of sp³-hybridized carbons (Fsp3) is 0.769. The third-order valence-electron chi connectivity index (χ3n) is 2.47. The summed E-state index contributed by atoms with van der Waals surface area (Å²) in [5.41, 5.74) is 0. The predicted molar refractivity (Wildman–Crippen MR) is 91.4 cm³/mol. The summed E-state index contributed by atoms with van der Waals surface area (Å²) in [6.45, 7) is 10.1. The molecular formula is C13H27N5O5S. The molecule has 0 fully saturated rings. The third-order valence-corrected chi connectivity index (χ3v) is 2.47. The van der Waals surface area contributed by atoms with Crippen LogP contribution in [-0.4, -0.2) is 58.7 Å². The first-order valence-corrected chi connectivity index (χ1v) is 9.02. The van der Waals surface area contributed by atoms with Crippen molar-refractivity contribution in [1.29, 1.82) is 0 Å². The van der Waals surface area contributed by atoms with Gasteiger partial charge in [-0.15, -0.1) is 0 Å². The fourth-order valence-electron chi connectivity index (χ4n) is 1.80. The van der Waals surface area contributed by atoms with Crippen LogP contribution in [0.5, 0.6) is 0 Å². The van der Waals surface area contributed by atoms with E-state index in [9.17, 15) is 0 Å². The molecule has 0 atom stereocenters. The largest absolute Gasteiger partial charge is 0.394 e. The number of rotatable bonds is 8. The average molecular weight is 365 g/mol. The minimum Gasteiger partial charge on any atom is -0.341 e. The van der Waals surface area contributed by atoms with Gasteiger partial charge in [-0.05, 0) is 26.7 Å². The lowest BCUT2D eigenvalue weighted by Crippen LogP contribution is -2.29. The zero-order chi connectivity index (χ0) is 18.8. The van der Waals surface area contributed by atoms with E-state index in [-0.39, 0.29) is 6.10 Å². The average Bonchev–Trinajstić information content (AvgIpc) is 2.45. The van der Waals surface area contributed by atoms with E-state index >= 15 is 0 Å². The van der Waals surface area contributed by atoms with Crippen LogP contribution in [0, 0.1) is 0 Å². The van der Waals surface area contributed by atoms with Gasteiger partial charge in [-0.25, -0.2) is 10.0 Å². The van der Waals surface area contributed by atoms with Crippen molar-refractivity contribution in [1.82, 2.24) is 15.0 Å². The molecule has 0 radical (unpaired) electrons. The van der Waals surface area contributed by atoms with Crippen LogP contribution in [0.25, 0.3) is 0 Å². The highest BCUT2D eigenvalue weighted by Crippen LogP contribution is 2.13. The van der Waals surface area contributed by atoms with Gasteiger partial charge in [0.2, 0.25) is 5.95 Å². The lowest BCUT2D eigenvalue weighted by Gasteiger charge is -2.23. The highest BCUT2D eigenvalue weighted by atomic mass is 32.3. The molecule has 1 aromatic rings. The Morgan fingerprint density at radius 2 is 1.58 bits per heavy atom. The molecule has 0 saturated heterocycles. The Morgan fingerprint density at radius 3 is 2.00 bits per heavy atom. The molecule has 1 aromatic heterocycles. The van der Waals surface area contributed by atoms with E-state index in [0.29, 0.717) is 11.9 Å². The smallest absolute Gasteiger partial charge is 0.341 e. The summed E-state index contributed by atoms with van der Waals surface area (Å²) in [5, 5.41) is 1.59. The van der Waals surface area contributed by atoms with Crippen molar-refractivity contribution in [3.05, 3.63) is 6.33 Å². The quantitative estimate of drug-likeness (QED) is 0.518. The first kappa shape index (κ1) is 22.4. The lowest BCUT2D eigenvalue weighted by atomic mass is 10.4. The van der Waals surface area contributed by atoms with Crippen molar-refractivity contribution in [2.45, 2.75) is 46.6 Å². The van der Waals surface area contributed by atoms with Crippen LogP contribution in [0.2, 0.25) is 0 Å². The summed E-state index contributed by atoms with van der Waals surface area (Å²) in [4.78, 5) is 20.6. The van der Waals surface area contributed by atoms with E-state index in [1.807, 2.05) is 20.9 Å². The highest BCUT2D eigenvalue weighted by molar-refractivity contribution is 7.79. The van der Waals surface area contributed by atoms with Crippen molar-refractivity contribution in [2.75, 3.05) is 30.1 Å². The molecule has 10 nitrogen and oxygen atoms in total. The highest BCUT2D eigenvalue weighted by Gasteiger charge is 2.12. The predicted octanol–water partition coefficient (Wildman–Crippen LogP) is 1.62. The first-order chi connectivity index (χ1) is 11.1. The maximum atomic E-state index is 8.74. The lowest BCUT2D eigenvalue weighted by molar-refractivity contribution is 0.0642. The molecule has 0 aliphatic carbocycles. The molecule has 1 rings (SSSR count). The van der Waals surface area contributed by atoms with Crippen molar-refractivity contribution >= 4 is 22.3 Å². The molecule has 11 heteroatoms. The van der Waals surface area contributed by atoms with Crippen LogP contribution in [0.1, 0.15) is 40.5 Å². The summed E-state index contributed by atoms with van der Waals surface area (Å²) < 4.78 is 31.6. The Balaban J connectivity index is 0.000000922. The van der Waals surface area contributed by atoms with E-state index in [0.717, 1.165) is 25.9 Å². The molecule has 0 aliphatic heterocycles. The van der Waals surface area contributed by atoms with Gasteiger partial charge < -0.3 is 4.90 Å². The Labute approximate surface area is 143 Å². The van der Waals surface area contributed by atoms with Crippen LogP contribution >= 0.6 is 0 Å². The molecule has 0 unspecified atom stereocenters. The topological polar surface area (TPSA) is 129 Å². The van der Waals surface area contributed by atoms with Crippen LogP contribution in [-0.2, 0) is 15.2 Å². The molecule has 0 saturated carbocycles. The van der Waals surface area contributed by atoms with Crippen molar-refractivity contribution < 1.29 is 22.4 Å². The molecule has 0 aromatic carbocycles. The van der Waals surface area contributed by atoms with Gasteiger partial charge in [-0.2, -0.15) is 18.4 Å². The molecule has 140 valence electrons. The monoisotopic (exact) mass is 365 g/mol. The molecule has 0 aliphatic rings. The van der Waals surface area contributed by atoms with Gasteiger partial charge in [-0.1, -0.05) is 13.8 Å². The van der Waals surface area contributed by atoms with E-state index < -0.39 is 10.4 Å². The minimum absolute atomic E-state index is 0.0904. The molecule has 2 N–H and O–H groups in total. The molecule has 0 amide bonds. The summed E-state index contributed by atoms with van der Waals surface area (Å²) in [6, 6.07) is 0. The number of nitrogens with zero attached hydrogens (tertiary/aromatic N) is 5. The van der Waals surface area contributed by atoms with Gasteiger partial charge in [0.1, 0.15) is 6.33 Å². The second kappa shape index (κ2) is 11.1. The minimum atomic E-state index is -4.67. The van der Waals surface area contributed by atoms with Gasteiger partial charge in [0.25, 0.3) is 5.95 Å². The number of hydrogen-bond acceptors (Lipinski definition) is 8. The van der Waals surface area contributed by atoms with Gasteiger partial charge in [0.15, 0.2) is 0 Å². The van der Waals surface area contributed by atoms with E-state index in [4.69, 9.17) is 22.4 Å². The SMILES string of the molecule is CCCN(CCC)c1ncnc(N(C)OC(C)C)n1.O=S(=O)(O)O. The maximum absolute atomic E-state index is 8.74. The Morgan fingerprint density at radius 1 is 1.12 bits per heavy atom. The van der Waals surface area contributed by atoms with Crippen molar-refractivity contribution in [2.24, 2.45) is 0 Å². The van der Waals surface area contributed by atoms with Crippen molar-refractivity contribution in [3.8, 4) is 0 Å². The van der Waals surface area contributed by atoms with Crippen molar-refractivity contribution in [3.63, 3.8) is 0 Å². The van der Waals surface area contributed by atoms with Gasteiger partial charge in [0, 0.05) is 20.1 Å². The summed E-state index contributed by atoms with van der Waals surface area (Å²) >= 11 is 0. The molecular weight excluding hydrogens is 338 g/mol. The van der Waals surface area contributed by atoms with Gasteiger partial charge in [-0.3, -0.25) is 13.9 Å². The Hall–Kier alpha value is -1.56. The van der Waals surface area contributed by atoms with Gasteiger partial charge in [0.05, 0.1) is 6.10 Å². The summed E-state index contributed by atoms with van der Waals surface area (Å²) in [5.74, 6) is 1.25. The number of hydrogen-bond donors (Lipinski definition) is 2. The maximum Gasteiger partial charge on any atom is 0.394 e. The zero-order valence-electron chi connectivity index (χ0n) is 14.7. The van der Waals surface area contributed by atoms with Crippen LogP contribution in [0.4, 0.5) is 11.9 Å². The number of hydroxylamine groups is 1. The van der Waals surface area contributed by atoms with E-state index in [1.54, 1.807) is 5.06 Å². The van der Waals surface area contributed by atoms with E-state index in [2.05, 4.69) is 33.7 Å². The molecule has 1 heterocycles. The number of anilines is 2. The summed E-state index contributed by atoms with van der Waals surface area (Å²) in [7, 11) is -2.86. The first-order valence-electron chi connectivity index (χ1n) is 7.62. The normalized spacial score (nSPS) is 11.0. The zero-order valence-corrected chi connectivity index (χ0v) is 15.6. The fourth-order valence-corrected chi connectivity index (χ4v) is 1.80. The second-order valence-electron chi connectivity index (χ2n) is 5.17. The van der Waals surface area contributed by atoms with E-state index in [1.165, 1.54) is 6.33 Å². The van der Waals surface area contributed by atoms with Crippen LogP contribution in [0.15, 0.2) is 6.33 Å².